The zero-order valence-electron chi connectivity index (χ0n) is 25.0. The minimum absolute atomic E-state index is 0.160. The van der Waals surface area contributed by atoms with Crippen molar-refractivity contribution in [3.8, 4) is 5.75 Å². The molecule has 0 spiro atoms. The van der Waals surface area contributed by atoms with Crippen LogP contribution in [0, 0.1) is 22.7 Å². The molecule has 44 heavy (non-hydrogen) atoms. The number of phenolic OH excluding ortho intramolecular Hbond substituents is 1. The van der Waals surface area contributed by atoms with Crippen LogP contribution in [0.1, 0.15) is 56.1 Å². The average molecular weight is 595 g/mol. The first kappa shape index (κ1) is 29.5. The molecule has 5 atom stereocenters. The summed E-state index contributed by atoms with van der Waals surface area (Å²) in [4.78, 5) is 40.9. The van der Waals surface area contributed by atoms with Crippen molar-refractivity contribution in [1.29, 1.82) is 0 Å². The van der Waals surface area contributed by atoms with E-state index in [1.165, 1.54) is 13.0 Å². The SMILES string of the molecule is CC(=O)C1=C(O)C(C(C)C)[C@@]2(C)[C@H](O)[C@]3(C)C(=C(O)[C@@]2(O)C1=O)C(=O)c1c(O)cccc1/C3=C\c1ccc2ccccc2c1. The summed E-state index contributed by atoms with van der Waals surface area (Å²) in [6.45, 7) is 7.41. The summed E-state index contributed by atoms with van der Waals surface area (Å²) < 4.78 is 0. The number of carbonyl (C=O) groups is 3. The van der Waals surface area contributed by atoms with Crippen molar-refractivity contribution in [1.82, 2.24) is 0 Å². The highest BCUT2D eigenvalue weighted by molar-refractivity contribution is 6.26. The van der Waals surface area contributed by atoms with Crippen LogP contribution in [0.25, 0.3) is 22.4 Å². The van der Waals surface area contributed by atoms with E-state index < -0.39 is 74.4 Å². The van der Waals surface area contributed by atoms with Crippen LogP contribution >= 0.6 is 0 Å². The molecule has 0 fully saturated rings. The number of allylic oxidation sites excluding steroid dienone is 1. The molecule has 0 heterocycles. The van der Waals surface area contributed by atoms with Crippen molar-refractivity contribution in [2.45, 2.75) is 46.3 Å². The highest BCUT2D eigenvalue weighted by atomic mass is 16.4. The van der Waals surface area contributed by atoms with Gasteiger partial charge in [0.1, 0.15) is 22.8 Å². The molecule has 3 aromatic carbocycles. The van der Waals surface area contributed by atoms with E-state index >= 15 is 0 Å². The molecule has 0 saturated heterocycles. The van der Waals surface area contributed by atoms with Crippen molar-refractivity contribution >= 4 is 39.8 Å². The summed E-state index contributed by atoms with van der Waals surface area (Å²) >= 11 is 0. The lowest BCUT2D eigenvalue weighted by Crippen LogP contribution is -2.73. The lowest BCUT2D eigenvalue weighted by molar-refractivity contribution is -0.202. The average Bonchev–Trinajstić information content (AvgIpc) is 2.96. The van der Waals surface area contributed by atoms with Gasteiger partial charge in [0.05, 0.1) is 22.7 Å². The lowest BCUT2D eigenvalue weighted by atomic mass is 9.42. The number of aromatic hydroxyl groups is 1. The van der Waals surface area contributed by atoms with Crippen LogP contribution in [0.4, 0.5) is 0 Å². The van der Waals surface area contributed by atoms with Crippen molar-refractivity contribution in [2.24, 2.45) is 22.7 Å². The lowest BCUT2D eigenvalue weighted by Gasteiger charge is -2.62. The van der Waals surface area contributed by atoms with E-state index in [0.717, 1.165) is 17.7 Å². The number of hydrogen-bond donors (Lipinski definition) is 5. The van der Waals surface area contributed by atoms with Gasteiger partial charge in [-0.25, -0.2) is 0 Å². The number of phenols is 1. The van der Waals surface area contributed by atoms with Gasteiger partial charge in [-0.15, -0.1) is 0 Å². The standard InChI is InChI=1S/C36H34O8/c1-17(2)27-29(39)25(18(3)37)31(41)36(44)32(42)28-30(40)26-22(11-8-12-24(26)38)23(34(28,4)33(43)35(27,36)5)16-19-13-14-20-9-6-7-10-21(20)15-19/h6-17,27,33,38-39,42-44H,1-5H3/b23-16+/t27?,33-,34+,35+,36+/m1/s1. The van der Waals surface area contributed by atoms with E-state index in [9.17, 15) is 39.9 Å². The van der Waals surface area contributed by atoms with E-state index in [1.807, 2.05) is 42.5 Å². The molecule has 0 radical (unpaired) electrons. The molecule has 1 unspecified atom stereocenters. The number of rotatable bonds is 3. The molecule has 3 aliphatic rings. The predicted molar refractivity (Wildman–Crippen MR) is 165 cm³/mol. The summed E-state index contributed by atoms with van der Waals surface area (Å²) in [6.07, 6.45) is -0.00307. The first-order valence-corrected chi connectivity index (χ1v) is 14.5. The number of hydrogen-bond acceptors (Lipinski definition) is 8. The van der Waals surface area contributed by atoms with Crippen molar-refractivity contribution in [2.75, 3.05) is 0 Å². The molecular weight excluding hydrogens is 560 g/mol. The largest absolute Gasteiger partial charge is 0.511 e. The number of carbonyl (C=O) groups excluding carboxylic acids is 3. The summed E-state index contributed by atoms with van der Waals surface area (Å²) in [5.41, 5.74) is -6.68. The Kier molecular flexibility index (Phi) is 6.37. The van der Waals surface area contributed by atoms with Crippen LogP contribution in [0.15, 0.2) is 83.3 Å². The fourth-order valence-electron chi connectivity index (χ4n) is 8.17. The number of aliphatic hydroxyl groups excluding tert-OH is 3. The van der Waals surface area contributed by atoms with Crippen LogP contribution in [-0.2, 0) is 9.59 Å². The van der Waals surface area contributed by atoms with Gasteiger partial charge in [0.15, 0.2) is 17.2 Å². The summed E-state index contributed by atoms with van der Waals surface area (Å²) in [6, 6.07) is 18.0. The number of Topliss-reactive ketones (excluding diaryl/α,β-unsaturated/α-hetero) is 3. The molecule has 0 amide bonds. The molecule has 8 nitrogen and oxygen atoms in total. The monoisotopic (exact) mass is 594 g/mol. The number of benzene rings is 3. The van der Waals surface area contributed by atoms with E-state index in [4.69, 9.17) is 0 Å². The molecule has 0 aliphatic heterocycles. The Balaban J connectivity index is 1.75. The predicted octanol–water partition coefficient (Wildman–Crippen LogP) is 5.47. The van der Waals surface area contributed by atoms with Gasteiger partial charge in [-0.2, -0.15) is 0 Å². The minimum Gasteiger partial charge on any atom is -0.511 e. The van der Waals surface area contributed by atoms with Crippen molar-refractivity contribution in [3.05, 3.63) is 100 Å². The van der Waals surface area contributed by atoms with Gasteiger partial charge in [0.2, 0.25) is 5.78 Å². The fourth-order valence-corrected chi connectivity index (χ4v) is 8.17. The van der Waals surface area contributed by atoms with Crippen LogP contribution in [-0.4, -0.2) is 54.6 Å². The van der Waals surface area contributed by atoms with Crippen molar-refractivity contribution < 1.29 is 39.9 Å². The normalized spacial score (nSPS) is 31.0. The maximum Gasteiger partial charge on any atom is 0.209 e. The van der Waals surface area contributed by atoms with Gasteiger partial charge >= 0.3 is 0 Å². The Morgan fingerprint density at radius 3 is 2.23 bits per heavy atom. The van der Waals surface area contributed by atoms with Crippen LogP contribution < -0.4 is 0 Å². The van der Waals surface area contributed by atoms with E-state index in [2.05, 4.69) is 0 Å². The highest BCUT2D eigenvalue weighted by Gasteiger charge is 2.75. The van der Waals surface area contributed by atoms with Gasteiger partial charge in [-0.3, -0.25) is 14.4 Å². The van der Waals surface area contributed by atoms with Crippen LogP contribution in [0.3, 0.4) is 0 Å². The van der Waals surface area contributed by atoms with Gasteiger partial charge in [-0.1, -0.05) is 75.4 Å². The molecule has 6 rings (SSSR count). The Morgan fingerprint density at radius 1 is 0.932 bits per heavy atom. The summed E-state index contributed by atoms with van der Waals surface area (Å²) in [7, 11) is 0. The Labute approximate surface area is 254 Å². The quantitative estimate of drug-likeness (QED) is 0.250. The third kappa shape index (κ3) is 3.43. The van der Waals surface area contributed by atoms with Gasteiger partial charge < -0.3 is 25.5 Å². The summed E-state index contributed by atoms with van der Waals surface area (Å²) in [5, 5.41) is 61.2. The third-order valence-electron chi connectivity index (χ3n) is 10.2. The highest BCUT2D eigenvalue weighted by Crippen LogP contribution is 2.67. The van der Waals surface area contributed by atoms with Crippen LogP contribution in [0.5, 0.6) is 5.75 Å². The molecule has 226 valence electrons. The van der Waals surface area contributed by atoms with Gasteiger partial charge in [-0.05, 0) is 59.4 Å². The summed E-state index contributed by atoms with van der Waals surface area (Å²) in [5.74, 6) is -6.70. The fraction of sp³-hybridized carbons (Fsp3) is 0.306. The first-order valence-electron chi connectivity index (χ1n) is 14.5. The van der Waals surface area contributed by atoms with Crippen LogP contribution in [0.2, 0.25) is 0 Å². The Bertz CT molecular complexity index is 1910. The third-order valence-corrected chi connectivity index (χ3v) is 10.2. The van der Waals surface area contributed by atoms with Gasteiger partial charge in [0.25, 0.3) is 0 Å². The molecule has 0 bridgehead atoms. The zero-order chi connectivity index (χ0) is 32.1. The first-order chi connectivity index (χ1) is 20.6. The second-order valence-electron chi connectivity index (χ2n) is 12.9. The molecule has 3 aliphatic carbocycles. The number of fused-ring (bicyclic) bond motifs is 4. The molecule has 0 saturated carbocycles. The van der Waals surface area contributed by atoms with E-state index in [-0.39, 0.29) is 11.3 Å². The molecule has 3 aromatic rings. The zero-order valence-corrected chi connectivity index (χ0v) is 25.0. The van der Waals surface area contributed by atoms with Gasteiger partial charge in [0, 0.05) is 11.3 Å². The number of ketones is 3. The Morgan fingerprint density at radius 2 is 1.59 bits per heavy atom. The molecule has 5 N–H and O–H groups in total. The maximum atomic E-state index is 14.3. The number of aliphatic hydroxyl groups is 4. The maximum absolute atomic E-state index is 14.3. The van der Waals surface area contributed by atoms with Crippen molar-refractivity contribution in [3.63, 3.8) is 0 Å². The smallest absolute Gasteiger partial charge is 0.209 e. The second kappa shape index (κ2) is 9.48. The van der Waals surface area contributed by atoms with E-state index in [1.54, 1.807) is 39.0 Å². The second-order valence-corrected chi connectivity index (χ2v) is 12.9. The Hall–Kier alpha value is -4.53. The molecular formula is C36H34O8. The van der Waals surface area contributed by atoms with E-state index in [0.29, 0.717) is 16.7 Å². The molecule has 0 aromatic heterocycles. The topological polar surface area (TPSA) is 152 Å². The molecule has 8 heteroatoms. The minimum atomic E-state index is -2.95.